The number of benzene rings is 1. The molecule has 0 saturated carbocycles. The van der Waals surface area contributed by atoms with Crippen LogP contribution in [0.1, 0.15) is 13.8 Å². The minimum absolute atomic E-state index is 0.0802. The normalized spacial score (nSPS) is 17.9. The average molecular weight is 410 g/mol. The third kappa shape index (κ3) is 4.90. The molecule has 2 aliphatic rings. The lowest BCUT2D eigenvalue weighted by atomic mass is 10.1. The number of carbonyl (C=O) groups is 1. The number of amidine groups is 1. The molecule has 0 aliphatic carbocycles. The number of nitrogens with one attached hydrogen (secondary N) is 1. The Morgan fingerprint density at radius 3 is 2.85 bits per heavy atom. The van der Waals surface area contributed by atoms with Gasteiger partial charge in [-0.3, -0.25) is 4.79 Å². The summed E-state index contributed by atoms with van der Waals surface area (Å²) in [6.07, 6.45) is 4.64. The van der Waals surface area contributed by atoms with Gasteiger partial charge in [-0.05, 0) is 36.3 Å². The number of nitrogens with zero attached hydrogens (tertiary/aromatic N) is 2. The number of carbonyl (C=O) groups excluding carboxylic acids is 1. The number of rotatable bonds is 5. The van der Waals surface area contributed by atoms with Crippen molar-refractivity contribution in [2.45, 2.75) is 13.8 Å². The zero-order valence-corrected chi connectivity index (χ0v) is 16.5. The van der Waals surface area contributed by atoms with Crippen molar-refractivity contribution in [2.24, 2.45) is 10.3 Å². The molecule has 2 aliphatic heterocycles. The van der Waals surface area contributed by atoms with Crippen molar-refractivity contribution in [3.8, 4) is 5.75 Å². The molecule has 1 N–H and O–H groups in total. The predicted octanol–water partition coefficient (Wildman–Crippen LogP) is 2.81. The summed E-state index contributed by atoms with van der Waals surface area (Å²) >= 11 is 6.21. The molecule has 3 rings (SSSR count). The first-order chi connectivity index (χ1) is 12.7. The minimum atomic E-state index is -3.42. The highest BCUT2D eigenvalue weighted by molar-refractivity contribution is 7.90. The lowest BCUT2D eigenvalue weighted by molar-refractivity contribution is -0.112. The molecular weight excluding hydrogens is 390 g/mol. The first-order valence-electron chi connectivity index (χ1n) is 8.46. The number of anilines is 1. The van der Waals surface area contributed by atoms with E-state index in [1.165, 1.54) is 12.2 Å². The van der Waals surface area contributed by atoms with E-state index >= 15 is 0 Å². The summed E-state index contributed by atoms with van der Waals surface area (Å²) in [5.41, 5.74) is 0.932. The Kier molecular flexibility index (Phi) is 5.57. The molecule has 9 heteroatoms. The Morgan fingerprint density at radius 1 is 1.37 bits per heavy atom. The van der Waals surface area contributed by atoms with Gasteiger partial charge in [0.2, 0.25) is 0 Å². The van der Waals surface area contributed by atoms with Crippen molar-refractivity contribution >= 4 is 39.1 Å². The fraction of sp³-hybridized carbons (Fsp3) is 0.333. The summed E-state index contributed by atoms with van der Waals surface area (Å²) in [6.45, 7) is 4.90. The second-order valence-electron chi connectivity index (χ2n) is 6.65. The lowest BCUT2D eigenvalue weighted by Gasteiger charge is -2.26. The Balaban J connectivity index is 1.69. The smallest absolute Gasteiger partial charge is 0.257 e. The van der Waals surface area contributed by atoms with Crippen LogP contribution in [0.4, 0.5) is 5.69 Å². The zero-order chi connectivity index (χ0) is 19.6. The molecule has 0 fully saturated rings. The van der Waals surface area contributed by atoms with Crippen LogP contribution in [0.15, 0.2) is 46.5 Å². The van der Waals surface area contributed by atoms with Crippen LogP contribution in [0, 0.1) is 5.92 Å². The van der Waals surface area contributed by atoms with Crippen LogP contribution in [0.2, 0.25) is 5.02 Å². The van der Waals surface area contributed by atoms with E-state index in [1.807, 2.05) is 13.8 Å². The quantitative estimate of drug-likeness (QED) is 0.807. The summed E-state index contributed by atoms with van der Waals surface area (Å²) in [6, 6.07) is 5.06. The largest absolute Gasteiger partial charge is 0.492 e. The van der Waals surface area contributed by atoms with E-state index in [4.69, 9.17) is 16.3 Å². The molecule has 0 radical (unpaired) electrons. The van der Waals surface area contributed by atoms with Gasteiger partial charge >= 0.3 is 0 Å². The molecule has 0 aromatic heterocycles. The SMILES string of the molecule is CC(C)COc1ccc(NC(=O)C2=CN3CCS(=O)(=O)N=C3C=C2)cc1Cl. The van der Waals surface area contributed by atoms with Gasteiger partial charge in [0.05, 0.1) is 23.0 Å². The fourth-order valence-electron chi connectivity index (χ4n) is 2.49. The van der Waals surface area contributed by atoms with Crippen molar-refractivity contribution in [3.05, 3.63) is 47.1 Å². The van der Waals surface area contributed by atoms with Crippen LogP contribution < -0.4 is 10.1 Å². The zero-order valence-electron chi connectivity index (χ0n) is 15.0. The second-order valence-corrected chi connectivity index (χ2v) is 8.81. The summed E-state index contributed by atoms with van der Waals surface area (Å²) in [7, 11) is -3.42. The topological polar surface area (TPSA) is 88.1 Å². The van der Waals surface area contributed by atoms with Gasteiger partial charge in [-0.1, -0.05) is 25.4 Å². The first-order valence-corrected chi connectivity index (χ1v) is 10.4. The van der Waals surface area contributed by atoms with E-state index in [0.717, 1.165) is 0 Å². The van der Waals surface area contributed by atoms with Crippen LogP contribution in [0.25, 0.3) is 0 Å². The van der Waals surface area contributed by atoms with Gasteiger partial charge in [0.1, 0.15) is 11.6 Å². The van der Waals surface area contributed by atoms with Gasteiger partial charge in [0.25, 0.3) is 15.9 Å². The molecule has 0 saturated heterocycles. The molecule has 27 heavy (non-hydrogen) atoms. The molecule has 0 spiro atoms. The number of halogens is 1. The Morgan fingerprint density at radius 2 is 2.15 bits per heavy atom. The number of fused-ring (bicyclic) bond motifs is 1. The van der Waals surface area contributed by atoms with Gasteiger partial charge in [-0.2, -0.15) is 0 Å². The van der Waals surface area contributed by atoms with Crippen LogP contribution in [0.3, 0.4) is 0 Å². The van der Waals surface area contributed by atoms with Crippen LogP contribution in [-0.4, -0.2) is 44.0 Å². The molecule has 2 heterocycles. The number of hydrogen-bond donors (Lipinski definition) is 1. The number of amides is 1. The summed E-state index contributed by atoms with van der Waals surface area (Å²) in [4.78, 5) is 14.1. The molecule has 144 valence electrons. The van der Waals surface area contributed by atoms with E-state index in [-0.39, 0.29) is 18.2 Å². The maximum absolute atomic E-state index is 12.5. The summed E-state index contributed by atoms with van der Waals surface area (Å²) in [5.74, 6) is 0.848. The van der Waals surface area contributed by atoms with E-state index in [9.17, 15) is 13.2 Å². The van der Waals surface area contributed by atoms with Gasteiger partial charge in [0.15, 0.2) is 0 Å². The summed E-state index contributed by atoms with van der Waals surface area (Å²) < 4.78 is 32.4. The lowest BCUT2D eigenvalue weighted by Crippen LogP contribution is -2.37. The van der Waals surface area contributed by atoms with E-state index in [2.05, 4.69) is 9.71 Å². The van der Waals surface area contributed by atoms with Gasteiger partial charge in [-0.15, -0.1) is 4.40 Å². The van der Waals surface area contributed by atoms with Crippen molar-refractivity contribution in [1.82, 2.24) is 4.90 Å². The average Bonchev–Trinajstić information content (AvgIpc) is 2.59. The third-order valence-corrected chi connectivity index (χ3v) is 5.31. The predicted molar refractivity (Wildman–Crippen MR) is 106 cm³/mol. The third-order valence-electron chi connectivity index (χ3n) is 3.85. The summed E-state index contributed by atoms with van der Waals surface area (Å²) in [5, 5.41) is 3.19. The monoisotopic (exact) mass is 409 g/mol. The maximum atomic E-state index is 12.5. The van der Waals surface area contributed by atoms with Crippen LogP contribution >= 0.6 is 11.6 Å². The molecule has 0 atom stereocenters. The molecule has 1 aromatic rings. The molecule has 0 unspecified atom stereocenters. The molecule has 1 amide bonds. The first kappa shape index (κ1) is 19.4. The van der Waals surface area contributed by atoms with Crippen molar-refractivity contribution in [1.29, 1.82) is 0 Å². The minimum Gasteiger partial charge on any atom is -0.492 e. The Labute approximate surface area is 163 Å². The fourth-order valence-corrected chi connectivity index (χ4v) is 3.70. The van der Waals surface area contributed by atoms with Gasteiger partial charge in [0, 0.05) is 18.4 Å². The Hall–Kier alpha value is -2.32. The highest BCUT2D eigenvalue weighted by Gasteiger charge is 2.25. The van der Waals surface area contributed by atoms with Crippen molar-refractivity contribution in [3.63, 3.8) is 0 Å². The standard InChI is InChI=1S/C18H20ClN3O4S/c1-12(2)11-26-16-5-4-14(9-15(16)19)20-18(23)13-3-6-17-21-27(24,25)8-7-22(17)10-13/h3-6,9-10,12H,7-8,11H2,1-2H3,(H,20,23). The van der Waals surface area contributed by atoms with Crippen molar-refractivity contribution in [2.75, 3.05) is 24.2 Å². The number of hydrogen-bond acceptors (Lipinski definition) is 5. The number of sulfonamides is 1. The van der Waals surface area contributed by atoms with Crippen molar-refractivity contribution < 1.29 is 17.9 Å². The van der Waals surface area contributed by atoms with Gasteiger partial charge < -0.3 is 15.0 Å². The number of ether oxygens (including phenoxy) is 1. The highest BCUT2D eigenvalue weighted by Crippen LogP contribution is 2.28. The van der Waals surface area contributed by atoms with Gasteiger partial charge in [-0.25, -0.2) is 8.42 Å². The second kappa shape index (κ2) is 7.74. The van der Waals surface area contributed by atoms with Crippen LogP contribution in [0.5, 0.6) is 5.75 Å². The van der Waals surface area contributed by atoms with E-state index in [1.54, 1.807) is 29.3 Å². The Bertz CT molecular complexity index is 951. The molecule has 7 nitrogen and oxygen atoms in total. The molecule has 0 bridgehead atoms. The molecule has 1 aromatic carbocycles. The van der Waals surface area contributed by atoms with E-state index in [0.29, 0.717) is 40.4 Å². The molecular formula is C18H20ClN3O4S. The van der Waals surface area contributed by atoms with Crippen LogP contribution in [-0.2, 0) is 14.8 Å². The maximum Gasteiger partial charge on any atom is 0.257 e. The van der Waals surface area contributed by atoms with E-state index < -0.39 is 10.0 Å². The highest BCUT2D eigenvalue weighted by atomic mass is 35.5.